The number of anilines is 1. The van der Waals surface area contributed by atoms with Gasteiger partial charge in [0.15, 0.2) is 0 Å². The third-order valence-corrected chi connectivity index (χ3v) is 5.40. The molecule has 1 aromatic rings. The molecular weight excluding hydrogens is 407 g/mol. The smallest absolute Gasteiger partial charge is 0.241 e. The first-order valence-corrected chi connectivity index (χ1v) is 8.01. The van der Waals surface area contributed by atoms with E-state index in [1.165, 1.54) is 6.42 Å². The number of nitrogens with zero attached hydrogens (tertiary/aromatic N) is 1. The molecule has 1 amide bonds. The van der Waals surface area contributed by atoms with E-state index < -0.39 is 0 Å². The summed E-state index contributed by atoms with van der Waals surface area (Å²) < 4.78 is 2.22. The van der Waals surface area contributed by atoms with Crippen LogP contribution in [0.3, 0.4) is 0 Å². The first kappa shape index (κ1) is 14.1. The molecule has 18 heavy (non-hydrogen) atoms. The monoisotopic (exact) mass is 422 g/mol. The summed E-state index contributed by atoms with van der Waals surface area (Å²) >= 11 is 5.73. The second-order valence-corrected chi connectivity index (χ2v) is 6.44. The molecule has 1 aliphatic heterocycles. The normalized spacial score (nSPS) is 15.6. The van der Waals surface area contributed by atoms with Crippen molar-refractivity contribution in [2.45, 2.75) is 19.3 Å². The maximum absolute atomic E-state index is 12.0. The predicted octanol–water partition coefficient (Wildman–Crippen LogP) is 3.48. The molecule has 1 saturated heterocycles. The summed E-state index contributed by atoms with van der Waals surface area (Å²) in [5, 5.41) is 3.19. The van der Waals surface area contributed by atoms with Crippen LogP contribution in [0.5, 0.6) is 0 Å². The van der Waals surface area contributed by atoms with Gasteiger partial charge in [-0.25, -0.2) is 0 Å². The summed E-state index contributed by atoms with van der Waals surface area (Å²) in [5.41, 5.74) is 0.993. The molecule has 1 N–H and O–H groups in total. The fraction of sp³-hybridized carbons (Fsp3) is 0.462. The molecule has 2 rings (SSSR count). The summed E-state index contributed by atoms with van der Waals surface area (Å²) in [7, 11) is 0. The highest BCUT2D eigenvalue weighted by Crippen LogP contribution is 2.22. The summed E-state index contributed by atoms with van der Waals surface area (Å²) in [6.07, 6.45) is 3.53. The number of amides is 1. The molecule has 5 heteroatoms. The van der Waals surface area contributed by atoms with Crippen molar-refractivity contribution in [3.05, 3.63) is 26.2 Å². The van der Waals surface area contributed by atoms with E-state index >= 15 is 0 Å². The van der Waals surface area contributed by atoms with E-state index in [0.29, 0.717) is 6.54 Å². The SMILES string of the molecule is O=C(CNc1ccc(Br)c(I)c1)N1CCCCC1. The minimum absolute atomic E-state index is 0.202. The van der Waals surface area contributed by atoms with Crippen molar-refractivity contribution < 1.29 is 4.79 Å². The maximum atomic E-state index is 12.0. The topological polar surface area (TPSA) is 32.3 Å². The fourth-order valence-corrected chi connectivity index (χ4v) is 2.80. The van der Waals surface area contributed by atoms with Crippen LogP contribution in [0.1, 0.15) is 19.3 Å². The van der Waals surface area contributed by atoms with Gasteiger partial charge >= 0.3 is 0 Å². The quantitative estimate of drug-likeness (QED) is 0.756. The van der Waals surface area contributed by atoms with Gasteiger partial charge in [-0.2, -0.15) is 0 Å². The summed E-state index contributed by atoms with van der Waals surface area (Å²) in [6.45, 7) is 2.22. The Bertz CT molecular complexity index is 433. The van der Waals surface area contributed by atoms with Crippen LogP contribution < -0.4 is 5.32 Å². The van der Waals surface area contributed by atoms with Crippen LogP contribution in [0, 0.1) is 3.57 Å². The van der Waals surface area contributed by atoms with Crippen molar-refractivity contribution in [2.75, 3.05) is 25.0 Å². The van der Waals surface area contributed by atoms with E-state index in [1.807, 2.05) is 23.1 Å². The van der Waals surface area contributed by atoms with E-state index in [2.05, 4.69) is 43.8 Å². The van der Waals surface area contributed by atoms with Crippen LogP contribution in [-0.4, -0.2) is 30.4 Å². The summed E-state index contributed by atoms with van der Waals surface area (Å²) in [5.74, 6) is 0.202. The number of halogens is 2. The number of hydrogen-bond acceptors (Lipinski definition) is 2. The standard InChI is InChI=1S/C13H16BrIN2O/c14-11-5-4-10(8-12(11)15)16-9-13(18)17-6-2-1-3-7-17/h4-5,8,16H,1-3,6-7,9H2. The molecule has 0 unspecified atom stereocenters. The van der Waals surface area contributed by atoms with Crippen LogP contribution in [0.15, 0.2) is 22.7 Å². The molecule has 1 aromatic carbocycles. The molecule has 3 nitrogen and oxygen atoms in total. The van der Waals surface area contributed by atoms with Gasteiger partial charge in [0, 0.05) is 26.8 Å². The van der Waals surface area contributed by atoms with Gasteiger partial charge in [0.2, 0.25) is 5.91 Å². The van der Waals surface area contributed by atoms with Crippen molar-refractivity contribution in [3.8, 4) is 0 Å². The van der Waals surface area contributed by atoms with Gasteiger partial charge in [0.05, 0.1) is 6.54 Å². The lowest BCUT2D eigenvalue weighted by Gasteiger charge is -2.26. The zero-order chi connectivity index (χ0) is 13.0. The number of hydrogen-bond donors (Lipinski definition) is 1. The van der Waals surface area contributed by atoms with Gasteiger partial charge in [0.1, 0.15) is 0 Å². The van der Waals surface area contributed by atoms with E-state index in [4.69, 9.17) is 0 Å². The van der Waals surface area contributed by atoms with E-state index in [1.54, 1.807) is 0 Å². The van der Waals surface area contributed by atoms with Crippen LogP contribution in [0.2, 0.25) is 0 Å². The number of likely N-dealkylation sites (tertiary alicyclic amines) is 1. The number of carbonyl (C=O) groups is 1. The van der Waals surface area contributed by atoms with Gasteiger partial charge < -0.3 is 10.2 Å². The van der Waals surface area contributed by atoms with Crippen LogP contribution >= 0.6 is 38.5 Å². The number of benzene rings is 1. The highest BCUT2D eigenvalue weighted by atomic mass is 127. The van der Waals surface area contributed by atoms with Crippen molar-refractivity contribution in [1.29, 1.82) is 0 Å². The molecule has 0 radical (unpaired) electrons. The zero-order valence-electron chi connectivity index (χ0n) is 10.1. The van der Waals surface area contributed by atoms with Gasteiger partial charge in [0.25, 0.3) is 0 Å². The second-order valence-electron chi connectivity index (χ2n) is 4.42. The molecule has 0 saturated carbocycles. The molecule has 0 spiro atoms. The Hall–Kier alpha value is -0.300. The maximum Gasteiger partial charge on any atom is 0.241 e. The minimum atomic E-state index is 0.202. The second kappa shape index (κ2) is 6.75. The lowest BCUT2D eigenvalue weighted by molar-refractivity contribution is -0.130. The van der Waals surface area contributed by atoms with Crippen molar-refractivity contribution in [1.82, 2.24) is 4.90 Å². The summed E-state index contributed by atoms with van der Waals surface area (Å²) in [6, 6.07) is 6.01. The summed E-state index contributed by atoms with van der Waals surface area (Å²) in [4.78, 5) is 13.9. The first-order chi connectivity index (χ1) is 8.66. The van der Waals surface area contributed by atoms with Crippen LogP contribution in [-0.2, 0) is 4.79 Å². The molecule has 1 fully saturated rings. The van der Waals surface area contributed by atoms with Crippen molar-refractivity contribution in [3.63, 3.8) is 0 Å². The Morgan fingerprint density at radius 3 is 2.72 bits per heavy atom. The Morgan fingerprint density at radius 2 is 2.06 bits per heavy atom. The third-order valence-electron chi connectivity index (χ3n) is 3.07. The van der Waals surface area contributed by atoms with Gasteiger partial charge in [-0.1, -0.05) is 0 Å². The molecule has 1 aliphatic rings. The van der Waals surface area contributed by atoms with Gasteiger partial charge in [-0.3, -0.25) is 4.79 Å². The first-order valence-electron chi connectivity index (χ1n) is 6.13. The van der Waals surface area contributed by atoms with Gasteiger partial charge in [-0.15, -0.1) is 0 Å². The zero-order valence-corrected chi connectivity index (χ0v) is 13.8. The lowest BCUT2D eigenvalue weighted by Crippen LogP contribution is -2.39. The van der Waals surface area contributed by atoms with Crippen LogP contribution in [0.4, 0.5) is 5.69 Å². The predicted molar refractivity (Wildman–Crippen MR) is 85.8 cm³/mol. The van der Waals surface area contributed by atoms with Crippen LogP contribution in [0.25, 0.3) is 0 Å². The average molecular weight is 423 g/mol. The van der Waals surface area contributed by atoms with E-state index in [-0.39, 0.29) is 5.91 Å². The van der Waals surface area contributed by atoms with E-state index in [0.717, 1.165) is 39.7 Å². The van der Waals surface area contributed by atoms with Crippen molar-refractivity contribution in [2.24, 2.45) is 0 Å². The fourth-order valence-electron chi connectivity index (χ4n) is 2.04. The number of piperidine rings is 1. The highest BCUT2D eigenvalue weighted by molar-refractivity contribution is 14.1. The lowest BCUT2D eigenvalue weighted by atomic mass is 10.1. The molecule has 98 valence electrons. The largest absolute Gasteiger partial charge is 0.376 e. The highest BCUT2D eigenvalue weighted by Gasteiger charge is 2.15. The van der Waals surface area contributed by atoms with E-state index in [9.17, 15) is 4.79 Å². The Kier molecular flexibility index (Phi) is 5.29. The molecular formula is C13H16BrIN2O. The molecule has 0 atom stereocenters. The average Bonchev–Trinajstić information content (AvgIpc) is 2.41. The molecule has 0 aromatic heterocycles. The number of nitrogens with one attached hydrogen (secondary N) is 1. The molecule has 1 heterocycles. The Labute approximate surface area is 130 Å². The third kappa shape index (κ3) is 3.85. The van der Waals surface area contributed by atoms with Crippen molar-refractivity contribution >= 4 is 50.1 Å². The number of rotatable bonds is 3. The number of carbonyl (C=O) groups excluding carboxylic acids is 1. The van der Waals surface area contributed by atoms with Gasteiger partial charge in [-0.05, 0) is 76.0 Å². The minimum Gasteiger partial charge on any atom is -0.376 e. The molecule has 0 aliphatic carbocycles. The molecule has 0 bridgehead atoms. The Morgan fingerprint density at radius 1 is 1.33 bits per heavy atom. The Balaban J connectivity index is 1.86.